The van der Waals surface area contributed by atoms with Gasteiger partial charge in [0.1, 0.15) is 6.07 Å². The monoisotopic (exact) mass is 571 g/mol. The van der Waals surface area contributed by atoms with Crippen LogP contribution in [0.2, 0.25) is 0 Å². The maximum absolute atomic E-state index is 12.4. The van der Waals surface area contributed by atoms with Crippen LogP contribution in [-0.2, 0) is 0 Å². The van der Waals surface area contributed by atoms with Crippen LogP contribution >= 0.6 is 23.1 Å². The van der Waals surface area contributed by atoms with E-state index in [9.17, 15) is 10.1 Å². The van der Waals surface area contributed by atoms with E-state index in [1.54, 1.807) is 22.0 Å². The highest BCUT2D eigenvalue weighted by Gasteiger charge is 2.48. The van der Waals surface area contributed by atoms with E-state index in [1.807, 2.05) is 30.5 Å². The molecule has 2 saturated heterocycles. The van der Waals surface area contributed by atoms with Crippen LogP contribution in [0.4, 0.5) is 15.6 Å². The van der Waals surface area contributed by atoms with Gasteiger partial charge in [0.25, 0.3) is 5.24 Å². The number of amides is 1. The average Bonchev–Trinajstić information content (AvgIpc) is 3.73. The first-order valence-electron chi connectivity index (χ1n) is 13.7. The van der Waals surface area contributed by atoms with Crippen molar-refractivity contribution in [2.75, 3.05) is 35.6 Å². The van der Waals surface area contributed by atoms with Gasteiger partial charge in [-0.25, -0.2) is 4.52 Å². The van der Waals surface area contributed by atoms with E-state index >= 15 is 0 Å². The number of thioether (sulfide) groups is 1. The summed E-state index contributed by atoms with van der Waals surface area (Å²) in [5, 5.41) is 28.5. The zero-order chi connectivity index (χ0) is 27.4. The number of fused-ring (bicyclic) bond motifs is 3. The summed E-state index contributed by atoms with van der Waals surface area (Å²) >= 11 is 3.06. The van der Waals surface area contributed by atoms with Crippen molar-refractivity contribution in [2.24, 2.45) is 11.8 Å². The van der Waals surface area contributed by atoms with Gasteiger partial charge < -0.3 is 15.1 Å². The second-order valence-corrected chi connectivity index (χ2v) is 13.0. The van der Waals surface area contributed by atoms with E-state index in [0.717, 1.165) is 63.7 Å². The van der Waals surface area contributed by atoms with E-state index in [0.29, 0.717) is 23.4 Å². The molecule has 3 atom stereocenters. The molecule has 3 fully saturated rings. The lowest BCUT2D eigenvalue weighted by molar-refractivity contribution is 0.155. The third-order valence-corrected chi connectivity index (χ3v) is 9.98. The number of hydrogen-bond donors (Lipinski definition) is 1. The second kappa shape index (κ2) is 10.1. The van der Waals surface area contributed by atoms with Crippen molar-refractivity contribution >= 4 is 44.7 Å². The quantitative estimate of drug-likeness (QED) is 0.342. The molecule has 4 aromatic heterocycles. The lowest BCUT2D eigenvalue weighted by atomic mass is 9.91. The number of nitrogens with zero attached hydrogens (tertiary/aromatic N) is 8. The van der Waals surface area contributed by atoms with Gasteiger partial charge in [-0.15, -0.1) is 10.2 Å². The summed E-state index contributed by atoms with van der Waals surface area (Å²) in [6, 6.07) is 10.5. The van der Waals surface area contributed by atoms with E-state index in [1.165, 1.54) is 24.6 Å². The summed E-state index contributed by atoms with van der Waals surface area (Å²) in [5.41, 5.74) is 4.86. The minimum Gasteiger partial charge on any atom is -0.382 e. The second-order valence-electron chi connectivity index (χ2n) is 11.0. The summed E-state index contributed by atoms with van der Waals surface area (Å²) in [5.74, 6) is 1.89. The molecule has 6 heterocycles. The van der Waals surface area contributed by atoms with Crippen LogP contribution < -0.4 is 10.2 Å². The molecule has 1 unspecified atom stereocenters. The normalized spacial score (nSPS) is 22.4. The molecule has 1 aliphatic carbocycles. The van der Waals surface area contributed by atoms with Gasteiger partial charge in [-0.3, -0.25) is 9.78 Å². The number of carbonyl (C=O) groups is 1. The topological polar surface area (TPSA) is 115 Å². The minimum absolute atomic E-state index is 0.211. The van der Waals surface area contributed by atoms with Gasteiger partial charge in [-0.1, -0.05) is 23.1 Å². The van der Waals surface area contributed by atoms with Crippen molar-refractivity contribution < 1.29 is 4.79 Å². The van der Waals surface area contributed by atoms with Gasteiger partial charge in [0.05, 0.1) is 34.2 Å². The Morgan fingerprint density at radius 1 is 1.12 bits per heavy atom. The Morgan fingerprint density at radius 2 is 1.95 bits per heavy atom. The Balaban J connectivity index is 1.16. The molecule has 2 bridgehead atoms. The summed E-state index contributed by atoms with van der Waals surface area (Å²) in [7, 11) is 0. The molecule has 0 radical (unpaired) electrons. The number of piperidine rings is 1. The largest absolute Gasteiger partial charge is 0.382 e. The molecule has 0 spiro atoms. The zero-order valence-electron chi connectivity index (χ0n) is 22.3. The minimum atomic E-state index is 0.211. The number of nitriles is 1. The molecule has 7 rings (SSSR count). The molecule has 1 saturated carbocycles. The Morgan fingerprint density at radius 3 is 2.67 bits per heavy atom. The third-order valence-electron chi connectivity index (χ3n) is 8.09. The fourth-order valence-corrected chi connectivity index (χ4v) is 8.17. The number of carbonyl (C=O) groups excluding carboxylic acids is 1. The van der Waals surface area contributed by atoms with Crippen LogP contribution in [0.15, 0.2) is 36.7 Å². The first-order chi connectivity index (χ1) is 19.5. The van der Waals surface area contributed by atoms with E-state index < -0.39 is 0 Å². The SMILES string of the molecule is CC(C)Nc1cc(-c2ccc3cc(C#N)cnn23)ncc1-c1nnc(N2C[C@H]3CC[C@@H](C2)C3N2CCSC2=O)s1. The van der Waals surface area contributed by atoms with Crippen molar-refractivity contribution in [3.8, 4) is 28.0 Å². The number of aromatic nitrogens is 5. The molecule has 4 aromatic rings. The Bertz CT molecular complexity index is 1630. The molecule has 1 N–H and O–H groups in total. The smallest absolute Gasteiger partial charge is 0.281 e. The Hall–Kier alpha value is -3.69. The van der Waals surface area contributed by atoms with Crippen LogP contribution in [0.25, 0.3) is 27.5 Å². The average molecular weight is 572 g/mol. The molecule has 40 heavy (non-hydrogen) atoms. The number of pyridine rings is 1. The highest BCUT2D eigenvalue weighted by molar-refractivity contribution is 8.13. The Labute approximate surface area is 240 Å². The number of anilines is 2. The van der Waals surface area contributed by atoms with Crippen LogP contribution in [0.5, 0.6) is 0 Å². The molecular weight excluding hydrogens is 543 g/mol. The van der Waals surface area contributed by atoms with Crippen molar-refractivity contribution in [3.63, 3.8) is 0 Å². The van der Waals surface area contributed by atoms with Crippen molar-refractivity contribution in [2.45, 2.75) is 38.8 Å². The molecule has 2 aliphatic heterocycles. The molecular formula is C28H29N9OS2. The van der Waals surface area contributed by atoms with Crippen molar-refractivity contribution in [3.05, 3.63) is 42.2 Å². The molecule has 12 heteroatoms. The van der Waals surface area contributed by atoms with E-state index in [-0.39, 0.29) is 11.3 Å². The van der Waals surface area contributed by atoms with Crippen LogP contribution in [0.3, 0.4) is 0 Å². The molecule has 1 amide bonds. The fourth-order valence-electron chi connectivity index (χ4n) is 6.44. The summed E-state index contributed by atoms with van der Waals surface area (Å²) < 4.78 is 1.80. The van der Waals surface area contributed by atoms with Gasteiger partial charge in [0.2, 0.25) is 5.13 Å². The van der Waals surface area contributed by atoms with Gasteiger partial charge in [-0.2, -0.15) is 10.4 Å². The summed E-state index contributed by atoms with van der Waals surface area (Å²) in [6.45, 7) is 6.93. The molecule has 204 valence electrons. The first kappa shape index (κ1) is 25.3. The van der Waals surface area contributed by atoms with Gasteiger partial charge in [0, 0.05) is 49.4 Å². The van der Waals surface area contributed by atoms with Gasteiger partial charge >= 0.3 is 0 Å². The summed E-state index contributed by atoms with van der Waals surface area (Å²) in [4.78, 5) is 21.7. The number of nitrogens with one attached hydrogen (secondary N) is 1. The van der Waals surface area contributed by atoms with E-state index in [2.05, 4.69) is 50.3 Å². The first-order valence-corrected chi connectivity index (χ1v) is 15.5. The number of rotatable bonds is 6. The molecule has 10 nitrogen and oxygen atoms in total. The standard InChI is InChI=1S/C28H29N9OS2/c1-16(2)32-22-10-23(24-6-5-20-9-17(11-29)12-31-37(20)24)30-13-21(22)26-33-34-27(40-26)35-14-18-3-4-19(15-35)25(18)36-7-8-39-28(36)38/h5-6,9-10,12-13,16,18-19,25H,3-4,7-8,14-15H2,1-2H3,(H,30,32)/t18-,19+,25?. The molecule has 3 aliphatic rings. The lowest BCUT2D eigenvalue weighted by Gasteiger charge is -2.41. The summed E-state index contributed by atoms with van der Waals surface area (Å²) in [6.07, 6.45) is 5.76. The highest BCUT2D eigenvalue weighted by Crippen LogP contribution is 2.44. The van der Waals surface area contributed by atoms with Crippen LogP contribution in [-0.4, -0.2) is 72.4 Å². The zero-order valence-corrected chi connectivity index (χ0v) is 24.0. The maximum atomic E-state index is 12.4. The van der Waals surface area contributed by atoms with Crippen molar-refractivity contribution in [1.29, 1.82) is 5.26 Å². The van der Waals surface area contributed by atoms with Gasteiger partial charge in [0.15, 0.2) is 5.01 Å². The lowest BCUT2D eigenvalue weighted by Crippen LogP contribution is -2.53. The van der Waals surface area contributed by atoms with Crippen molar-refractivity contribution in [1.82, 2.24) is 29.7 Å². The van der Waals surface area contributed by atoms with Crippen LogP contribution in [0, 0.1) is 23.2 Å². The predicted octanol–water partition coefficient (Wildman–Crippen LogP) is 4.99. The number of hydrogen-bond acceptors (Lipinski definition) is 10. The van der Waals surface area contributed by atoms with Crippen LogP contribution in [0.1, 0.15) is 32.3 Å². The van der Waals surface area contributed by atoms with Gasteiger partial charge in [-0.05, 0) is 62.8 Å². The highest BCUT2D eigenvalue weighted by atomic mass is 32.2. The van der Waals surface area contributed by atoms with E-state index in [4.69, 9.17) is 4.98 Å². The Kier molecular flexibility index (Phi) is 6.35. The molecule has 0 aromatic carbocycles. The third kappa shape index (κ3) is 4.37. The maximum Gasteiger partial charge on any atom is 0.281 e. The fraction of sp³-hybridized carbons (Fsp3) is 0.429. The predicted molar refractivity (Wildman–Crippen MR) is 158 cm³/mol.